The molecule has 0 spiro atoms. The van der Waals surface area contributed by atoms with Crippen LogP contribution in [0.2, 0.25) is 0 Å². The summed E-state index contributed by atoms with van der Waals surface area (Å²) < 4.78 is 5.31. The molecule has 0 aromatic carbocycles. The largest absolute Gasteiger partial charge is 0.479 e. The molecule has 0 bridgehead atoms. The predicted octanol–water partition coefficient (Wildman–Crippen LogP) is -2.14. The van der Waals surface area contributed by atoms with Crippen molar-refractivity contribution in [2.75, 3.05) is 0 Å². The second-order valence-corrected chi connectivity index (χ2v) is 6.02. The van der Waals surface area contributed by atoms with Crippen molar-refractivity contribution >= 4 is 17.8 Å². The molecule has 0 fully saturated rings. The van der Waals surface area contributed by atoms with E-state index in [1.54, 1.807) is 0 Å². The lowest BCUT2D eigenvalue weighted by atomic mass is 9.92. The molecule has 0 aromatic rings. The van der Waals surface area contributed by atoms with Crippen LogP contribution in [0.5, 0.6) is 0 Å². The fourth-order valence-corrected chi connectivity index (χ4v) is 2.52. The van der Waals surface area contributed by atoms with E-state index in [1.165, 1.54) is 20.8 Å². The van der Waals surface area contributed by atoms with Gasteiger partial charge in [-0.2, -0.15) is 0 Å². The standard InChI is InChI=1S/C15H24N2O8/c1-6(18)4-11(22)17-13-9(21)5-10(15(23)24)25-14(13)12(7(2)19)16-8(3)20/h5-7,9,12-14,18-19,21H,4H2,1-3H3,(H,16,20)(H,17,22)(H,23,24)/t6?,7-,9+,12-,13+,14?/m0/s1. The molecule has 2 unspecified atom stereocenters. The molecule has 2 amide bonds. The molecule has 0 saturated heterocycles. The highest BCUT2D eigenvalue weighted by Crippen LogP contribution is 2.23. The zero-order valence-corrected chi connectivity index (χ0v) is 14.2. The molecule has 6 N–H and O–H groups in total. The molecule has 25 heavy (non-hydrogen) atoms. The third-order valence-corrected chi connectivity index (χ3v) is 3.57. The van der Waals surface area contributed by atoms with E-state index < -0.39 is 60.0 Å². The topological polar surface area (TPSA) is 165 Å². The summed E-state index contributed by atoms with van der Waals surface area (Å²) in [6, 6.07) is -2.23. The molecule has 1 aliphatic heterocycles. The number of hydrogen-bond acceptors (Lipinski definition) is 7. The van der Waals surface area contributed by atoms with Gasteiger partial charge in [-0.25, -0.2) is 4.79 Å². The Morgan fingerprint density at radius 3 is 2.32 bits per heavy atom. The van der Waals surface area contributed by atoms with Crippen molar-refractivity contribution in [2.24, 2.45) is 0 Å². The van der Waals surface area contributed by atoms with Crippen LogP contribution in [0.15, 0.2) is 11.8 Å². The first-order valence-corrected chi connectivity index (χ1v) is 7.75. The van der Waals surface area contributed by atoms with Crippen molar-refractivity contribution < 1.29 is 39.5 Å². The van der Waals surface area contributed by atoms with Gasteiger partial charge in [0.05, 0.1) is 30.7 Å². The summed E-state index contributed by atoms with van der Waals surface area (Å²) in [5.74, 6) is -3.11. The number of carbonyl (C=O) groups excluding carboxylic acids is 2. The minimum Gasteiger partial charge on any atom is -0.479 e. The molecule has 0 aromatic heterocycles. The number of carboxylic acids is 1. The molecule has 0 saturated carbocycles. The van der Waals surface area contributed by atoms with Gasteiger partial charge >= 0.3 is 5.97 Å². The van der Waals surface area contributed by atoms with Crippen molar-refractivity contribution in [3.8, 4) is 0 Å². The highest BCUT2D eigenvalue weighted by molar-refractivity contribution is 5.85. The lowest BCUT2D eigenvalue weighted by Crippen LogP contribution is -2.63. The monoisotopic (exact) mass is 360 g/mol. The van der Waals surface area contributed by atoms with Crippen LogP contribution < -0.4 is 10.6 Å². The van der Waals surface area contributed by atoms with E-state index in [2.05, 4.69) is 10.6 Å². The van der Waals surface area contributed by atoms with Gasteiger partial charge in [0.2, 0.25) is 17.6 Å². The fourth-order valence-electron chi connectivity index (χ4n) is 2.52. The Morgan fingerprint density at radius 1 is 1.28 bits per heavy atom. The summed E-state index contributed by atoms with van der Waals surface area (Å²) in [6.07, 6.45) is -4.09. The third-order valence-electron chi connectivity index (χ3n) is 3.57. The van der Waals surface area contributed by atoms with E-state index in [9.17, 15) is 29.7 Å². The quantitative estimate of drug-likeness (QED) is 0.299. The van der Waals surface area contributed by atoms with Crippen molar-refractivity contribution in [2.45, 2.75) is 63.7 Å². The average Bonchev–Trinajstić information content (AvgIpc) is 2.45. The van der Waals surface area contributed by atoms with Crippen LogP contribution in [0.1, 0.15) is 27.2 Å². The highest BCUT2D eigenvalue weighted by atomic mass is 16.5. The number of rotatable bonds is 7. The Kier molecular flexibility index (Phi) is 7.34. The normalized spacial score (nSPS) is 26.5. The van der Waals surface area contributed by atoms with Crippen LogP contribution in [0.4, 0.5) is 0 Å². The molecule has 10 heteroatoms. The Bertz CT molecular complexity index is 546. The minimum atomic E-state index is -1.44. The molecule has 1 rings (SSSR count). The van der Waals surface area contributed by atoms with Gasteiger partial charge in [0.25, 0.3) is 0 Å². The maximum Gasteiger partial charge on any atom is 0.370 e. The number of carbonyl (C=O) groups is 3. The number of ether oxygens (including phenoxy) is 1. The summed E-state index contributed by atoms with van der Waals surface area (Å²) in [7, 11) is 0. The summed E-state index contributed by atoms with van der Waals surface area (Å²) in [5, 5.41) is 43.4. The minimum absolute atomic E-state index is 0.245. The number of aliphatic hydroxyl groups is 3. The van der Waals surface area contributed by atoms with Gasteiger partial charge in [0.15, 0.2) is 0 Å². The second kappa shape index (κ2) is 8.79. The summed E-state index contributed by atoms with van der Waals surface area (Å²) in [5.41, 5.74) is 0. The molecular weight excluding hydrogens is 336 g/mol. The van der Waals surface area contributed by atoms with Gasteiger partial charge in [0, 0.05) is 6.92 Å². The second-order valence-electron chi connectivity index (χ2n) is 6.02. The van der Waals surface area contributed by atoms with E-state index in [1.807, 2.05) is 0 Å². The molecule has 0 radical (unpaired) electrons. The molecule has 6 atom stereocenters. The van der Waals surface area contributed by atoms with Crippen molar-refractivity contribution in [1.29, 1.82) is 0 Å². The maximum atomic E-state index is 11.9. The van der Waals surface area contributed by atoms with Crippen molar-refractivity contribution in [3.05, 3.63) is 11.8 Å². The number of carboxylic acid groups (broad SMARTS) is 1. The van der Waals surface area contributed by atoms with E-state index in [0.29, 0.717) is 0 Å². The number of nitrogens with one attached hydrogen (secondary N) is 2. The van der Waals surface area contributed by atoms with Gasteiger partial charge in [-0.05, 0) is 19.9 Å². The fraction of sp³-hybridized carbons (Fsp3) is 0.667. The SMILES string of the molecule is CC(=O)N[C@H](C1OC(C(=O)O)=C[C@@H](O)[C@H]1NC(=O)CC(C)O)[C@H](C)O. The van der Waals surface area contributed by atoms with Gasteiger partial charge in [-0.15, -0.1) is 0 Å². The summed E-state index contributed by atoms with van der Waals surface area (Å²) >= 11 is 0. The van der Waals surface area contributed by atoms with Crippen LogP contribution in [0, 0.1) is 0 Å². The van der Waals surface area contributed by atoms with Gasteiger partial charge in [-0.1, -0.05) is 0 Å². The maximum absolute atomic E-state index is 11.9. The lowest BCUT2D eigenvalue weighted by Gasteiger charge is -2.40. The Balaban J connectivity index is 3.14. The highest BCUT2D eigenvalue weighted by Gasteiger charge is 2.43. The Labute approximate surface area is 144 Å². The van der Waals surface area contributed by atoms with E-state index >= 15 is 0 Å². The number of amides is 2. The molecule has 1 aliphatic rings. The zero-order chi connectivity index (χ0) is 19.3. The summed E-state index contributed by atoms with van der Waals surface area (Å²) in [6.45, 7) is 3.95. The van der Waals surface area contributed by atoms with Gasteiger partial charge < -0.3 is 35.8 Å². The summed E-state index contributed by atoms with van der Waals surface area (Å²) in [4.78, 5) is 34.5. The van der Waals surface area contributed by atoms with Gasteiger partial charge in [-0.3, -0.25) is 9.59 Å². The number of hydrogen-bond donors (Lipinski definition) is 6. The molecule has 0 aliphatic carbocycles. The first kappa shape index (κ1) is 20.9. The van der Waals surface area contributed by atoms with E-state index in [-0.39, 0.29) is 6.42 Å². The molecule has 10 nitrogen and oxygen atoms in total. The Hall–Kier alpha value is -2.17. The van der Waals surface area contributed by atoms with Crippen molar-refractivity contribution in [3.63, 3.8) is 0 Å². The van der Waals surface area contributed by atoms with Crippen LogP contribution in [0.3, 0.4) is 0 Å². The van der Waals surface area contributed by atoms with Gasteiger partial charge in [0.1, 0.15) is 12.2 Å². The number of aliphatic hydroxyl groups excluding tert-OH is 3. The van der Waals surface area contributed by atoms with Crippen LogP contribution in [-0.2, 0) is 19.1 Å². The smallest absolute Gasteiger partial charge is 0.370 e. The predicted molar refractivity (Wildman–Crippen MR) is 84.1 cm³/mol. The van der Waals surface area contributed by atoms with Crippen LogP contribution in [0.25, 0.3) is 0 Å². The van der Waals surface area contributed by atoms with E-state index in [4.69, 9.17) is 9.84 Å². The lowest BCUT2D eigenvalue weighted by molar-refractivity contribution is -0.142. The Morgan fingerprint density at radius 2 is 1.88 bits per heavy atom. The first-order valence-electron chi connectivity index (χ1n) is 7.75. The number of aliphatic carboxylic acids is 1. The molecule has 1 heterocycles. The zero-order valence-electron chi connectivity index (χ0n) is 14.2. The van der Waals surface area contributed by atoms with Crippen molar-refractivity contribution in [1.82, 2.24) is 10.6 Å². The van der Waals surface area contributed by atoms with Crippen LogP contribution >= 0.6 is 0 Å². The van der Waals surface area contributed by atoms with Crippen LogP contribution in [-0.4, -0.2) is 74.7 Å². The molecule has 142 valence electrons. The molecular formula is C15H24N2O8. The van der Waals surface area contributed by atoms with E-state index in [0.717, 1.165) is 6.08 Å². The third kappa shape index (κ3) is 6.00. The average molecular weight is 360 g/mol. The first-order chi connectivity index (χ1) is 11.5.